The van der Waals surface area contributed by atoms with E-state index in [2.05, 4.69) is 30.7 Å². The van der Waals surface area contributed by atoms with Crippen molar-refractivity contribution >= 4 is 34.6 Å². The molecular weight excluding hydrogens is 448 g/mol. The zero-order valence-corrected chi connectivity index (χ0v) is 19.0. The van der Waals surface area contributed by atoms with Crippen LogP contribution in [0, 0.1) is 0 Å². The third kappa shape index (κ3) is 4.24. The monoisotopic (exact) mass is 472 g/mol. The van der Waals surface area contributed by atoms with Crippen molar-refractivity contribution in [3.05, 3.63) is 74.7 Å². The van der Waals surface area contributed by atoms with Gasteiger partial charge in [0.1, 0.15) is 34.3 Å². The lowest BCUT2D eigenvalue weighted by molar-refractivity contribution is 0.100. The number of amides is 1. The average molecular weight is 473 g/mol. The molecule has 0 atom stereocenters. The first kappa shape index (κ1) is 22.3. The van der Waals surface area contributed by atoms with Gasteiger partial charge in [0, 0.05) is 43.6 Å². The number of hydrogen-bond acceptors (Lipinski definition) is 9. The Morgan fingerprint density at radius 3 is 2.40 bits per heavy atom. The first-order chi connectivity index (χ1) is 16.9. The van der Waals surface area contributed by atoms with E-state index in [1.165, 1.54) is 0 Å². The second-order valence-corrected chi connectivity index (χ2v) is 8.40. The van der Waals surface area contributed by atoms with Crippen LogP contribution in [0.2, 0.25) is 0 Å². The number of H-pyrrole nitrogens is 1. The van der Waals surface area contributed by atoms with Crippen molar-refractivity contribution in [1.82, 2.24) is 20.1 Å². The van der Waals surface area contributed by atoms with E-state index in [-0.39, 0.29) is 5.56 Å². The number of aromatic nitrogens is 3. The lowest BCUT2D eigenvalue weighted by Gasteiger charge is -2.35. The third-order valence-corrected chi connectivity index (χ3v) is 6.06. The minimum Gasteiger partial charge on any atom is -0.365 e. The van der Waals surface area contributed by atoms with Crippen LogP contribution >= 0.6 is 0 Å². The maximum absolute atomic E-state index is 12.3. The highest BCUT2D eigenvalue weighted by atomic mass is 16.2. The van der Waals surface area contributed by atoms with Gasteiger partial charge in [-0.15, -0.1) is 0 Å². The molecule has 1 amide bonds. The van der Waals surface area contributed by atoms with Gasteiger partial charge in [0.05, 0.1) is 0 Å². The topological polar surface area (TPSA) is 149 Å². The summed E-state index contributed by atoms with van der Waals surface area (Å²) in [6, 6.07) is 12.4. The van der Waals surface area contributed by atoms with E-state index >= 15 is 0 Å². The molecule has 1 aliphatic heterocycles. The molecule has 1 saturated heterocycles. The van der Waals surface area contributed by atoms with Gasteiger partial charge in [-0.3, -0.25) is 19.5 Å². The Kier molecular flexibility index (Phi) is 5.75. The number of rotatable bonds is 7. The molecule has 0 spiro atoms. The van der Waals surface area contributed by atoms with Gasteiger partial charge >= 0.3 is 0 Å². The second kappa shape index (κ2) is 9.03. The standard InChI is InChI=1S/C24H24N8O3/c1-31-10-12-32(13-11-31)20-19(21(33)22(20)34)27-15-7-5-14(6-8-15)18-17(23(25)35)24(30-29-18)28-16-4-2-3-9-26-16/h2-9,27H,10-13H2,1H3,(H2,25,35)(H2,26,28,29,30). The van der Waals surface area contributed by atoms with E-state index in [1.54, 1.807) is 42.6 Å². The number of likely N-dealkylation sites (N-methyl/N-ethyl adjacent to an activating group) is 1. The van der Waals surface area contributed by atoms with Crippen molar-refractivity contribution < 1.29 is 4.79 Å². The van der Waals surface area contributed by atoms with Crippen LogP contribution in [-0.4, -0.2) is 59.2 Å². The molecule has 4 aromatic rings. The fourth-order valence-electron chi connectivity index (χ4n) is 4.13. The van der Waals surface area contributed by atoms with E-state index in [0.29, 0.717) is 53.0 Å². The maximum Gasteiger partial charge on any atom is 0.254 e. The van der Waals surface area contributed by atoms with Gasteiger partial charge in [-0.1, -0.05) is 18.2 Å². The highest BCUT2D eigenvalue weighted by Gasteiger charge is 2.28. The van der Waals surface area contributed by atoms with Crippen molar-refractivity contribution in [2.24, 2.45) is 5.73 Å². The van der Waals surface area contributed by atoms with Crippen LogP contribution in [-0.2, 0) is 0 Å². The predicted octanol–water partition coefficient (Wildman–Crippen LogP) is 1.41. The van der Waals surface area contributed by atoms with E-state index in [1.807, 2.05) is 18.0 Å². The van der Waals surface area contributed by atoms with Crippen molar-refractivity contribution in [3.8, 4) is 11.3 Å². The Morgan fingerprint density at radius 2 is 1.74 bits per heavy atom. The quantitative estimate of drug-likeness (QED) is 0.293. The van der Waals surface area contributed by atoms with E-state index < -0.39 is 16.8 Å². The summed E-state index contributed by atoms with van der Waals surface area (Å²) in [7, 11) is 2.03. The normalized spacial score (nSPS) is 14.3. The molecule has 2 aromatic carbocycles. The molecule has 11 nitrogen and oxygen atoms in total. The van der Waals surface area contributed by atoms with Gasteiger partial charge in [-0.25, -0.2) is 4.98 Å². The average Bonchev–Trinajstić information content (AvgIpc) is 3.29. The number of primary amides is 1. The number of piperazine rings is 1. The molecule has 3 heterocycles. The fraction of sp³-hybridized carbons (Fsp3) is 0.208. The summed E-state index contributed by atoms with van der Waals surface area (Å²) in [5.74, 6) is 0.234. The minimum absolute atomic E-state index is 0.205. The zero-order chi connectivity index (χ0) is 24.5. The number of nitrogens with one attached hydrogen (secondary N) is 3. The lowest BCUT2D eigenvalue weighted by atomic mass is 10.1. The molecule has 2 aromatic heterocycles. The van der Waals surface area contributed by atoms with Crippen LogP contribution in [0.1, 0.15) is 10.4 Å². The first-order valence-corrected chi connectivity index (χ1v) is 11.1. The molecule has 1 fully saturated rings. The summed E-state index contributed by atoms with van der Waals surface area (Å²) in [6.07, 6.45) is 1.63. The highest BCUT2D eigenvalue weighted by molar-refractivity contribution is 6.04. The molecule has 5 rings (SSSR count). The Bertz CT molecular complexity index is 1430. The molecule has 0 aliphatic carbocycles. The van der Waals surface area contributed by atoms with E-state index in [9.17, 15) is 14.4 Å². The van der Waals surface area contributed by atoms with Crippen molar-refractivity contribution in [2.45, 2.75) is 0 Å². The molecule has 11 heteroatoms. The SMILES string of the molecule is CN1CCN(c2c(Nc3ccc(-c4n[nH]c(Nc5ccccn5)c4C(N)=O)cc3)c(=O)c2=O)CC1. The van der Waals surface area contributed by atoms with Gasteiger partial charge in [0.2, 0.25) is 0 Å². The van der Waals surface area contributed by atoms with Gasteiger partial charge in [-0.2, -0.15) is 5.10 Å². The highest BCUT2D eigenvalue weighted by Crippen LogP contribution is 2.30. The molecule has 0 saturated carbocycles. The van der Waals surface area contributed by atoms with Gasteiger partial charge in [-0.05, 0) is 31.3 Å². The summed E-state index contributed by atoms with van der Waals surface area (Å²) >= 11 is 0. The number of pyridine rings is 1. The van der Waals surface area contributed by atoms with Crippen LogP contribution in [0.4, 0.5) is 28.7 Å². The number of anilines is 5. The van der Waals surface area contributed by atoms with Crippen molar-refractivity contribution in [1.29, 1.82) is 0 Å². The largest absolute Gasteiger partial charge is 0.365 e. The first-order valence-electron chi connectivity index (χ1n) is 11.1. The molecule has 0 bridgehead atoms. The van der Waals surface area contributed by atoms with Crippen LogP contribution in [0.5, 0.6) is 0 Å². The van der Waals surface area contributed by atoms with Crippen LogP contribution in [0.3, 0.4) is 0 Å². The summed E-state index contributed by atoms with van der Waals surface area (Å²) in [4.78, 5) is 45.0. The summed E-state index contributed by atoms with van der Waals surface area (Å²) in [5, 5.41) is 13.2. The van der Waals surface area contributed by atoms with Gasteiger partial charge < -0.3 is 26.2 Å². The van der Waals surface area contributed by atoms with E-state index in [0.717, 1.165) is 13.1 Å². The van der Waals surface area contributed by atoms with Crippen molar-refractivity contribution in [2.75, 3.05) is 48.8 Å². The molecule has 0 unspecified atom stereocenters. The zero-order valence-electron chi connectivity index (χ0n) is 19.0. The Labute approximate surface area is 200 Å². The summed E-state index contributed by atoms with van der Waals surface area (Å²) in [6.45, 7) is 3.05. The molecule has 178 valence electrons. The number of hydrogen-bond donors (Lipinski definition) is 4. The van der Waals surface area contributed by atoms with Crippen LogP contribution in [0.25, 0.3) is 11.3 Å². The Hall–Kier alpha value is -4.51. The van der Waals surface area contributed by atoms with Crippen molar-refractivity contribution in [3.63, 3.8) is 0 Å². The fourth-order valence-corrected chi connectivity index (χ4v) is 4.13. The molecule has 1 aliphatic rings. The maximum atomic E-state index is 12.3. The molecule has 0 radical (unpaired) electrons. The predicted molar refractivity (Wildman–Crippen MR) is 134 cm³/mol. The van der Waals surface area contributed by atoms with Gasteiger partial charge in [0.25, 0.3) is 16.8 Å². The second-order valence-electron chi connectivity index (χ2n) is 8.40. The minimum atomic E-state index is -0.644. The number of aromatic amines is 1. The summed E-state index contributed by atoms with van der Waals surface area (Å²) < 4.78 is 0. The van der Waals surface area contributed by atoms with Crippen LogP contribution < -0.4 is 32.1 Å². The Morgan fingerprint density at radius 1 is 1.00 bits per heavy atom. The number of nitrogens with two attached hydrogens (primary N) is 1. The summed E-state index contributed by atoms with van der Waals surface area (Å²) in [5.41, 5.74) is 7.30. The Balaban J connectivity index is 1.37. The van der Waals surface area contributed by atoms with Crippen LogP contribution in [0.15, 0.2) is 58.3 Å². The van der Waals surface area contributed by atoms with Gasteiger partial charge in [0.15, 0.2) is 0 Å². The molecule has 35 heavy (non-hydrogen) atoms. The van der Waals surface area contributed by atoms with E-state index in [4.69, 9.17) is 5.73 Å². The number of benzene rings is 1. The third-order valence-electron chi connectivity index (χ3n) is 6.06. The molecule has 5 N–H and O–H groups in total. The smallest absolute Gasteiger partial charge is 0.254 e. The molecular formula is C24H24N8O3. The number of carbonyl (C=O) groups is 1. The number of nitrogens with zero attached hydrogens (tertiary/aromatic N) is 4. The lowest BCUT2D eigenvalue weighted by Crippen LogP contribution is -2.50. The number of carbonyl (C=O) groups excluding carboxylic acids is 1.